The zero-order chi connectivity index (χ0) is 12.3. The van der Waals surface area contributed by atoms with Crippen molar-refractivity contribution in [2.45, 2.75) is 27.3 Å². The maximum absolute atomic E-state index is 4.51. The van der Waals surface area contributed by atoms with Crippen LogP contribution in [-0.4, -0.2) is 11.5 Å². The minimum absolute atomic E-state index is 0.916. The predicted octanol–water partition coefficient (Wildman–Crippen LogP) is 3.54. The topological polar surface area (TPSA) is 24.9 Å². The van der Waals surface area contributed by atoms with Crippen LogP contribution in [0.3, 0.4) is 0 Å². The van der Waals surface area contributed by atoms with Crippen LogP contribution in [-0.2, 0) is 6.54 Å². The molecule has 0 amide bonds. The molecule has 2 nitrogen and oxygen atoms in total. The lowest BCUT2D eigenvalue weighted by Gasteiger charge is -2.03. The Hall–Kier alpha value is -1.19. The van der Waals surface area contributed by atoms with Gasteiger partial charge < -0.3 is 5.32 Å². The fraction of sp³-hybridized carbons (Fsp3) is 0.357. The number of hydrogen-bond donors (Lipinski definition) is 1. The zero-order valence-corrected chi connectivity index (χ0v) is 11.4. The Bertz CT molecular complexity index is 503. The van der Waals surface area contributed by atoms with Gasteiger partial charge in [-0.2, -0.15) is 0 Å². The quantitative estimate of drug-likeness (QED) is 0.892. The molecule has 0 saturated carbocycles. The van der Waals surface area contributed by atoms with Gasteiger partial charge in [0.15, 0.2) is 0 Å². The van der Waals surface area contributed by atoms with Gasteiger partial charge in [0.25, 0.3) is 0 Å². The van der Waals surface area contributed by atoms with Gasteiger partial charge in [-0.25, -0.2) is 4.98 Å². The molecule has 2 rings (SSSR count). The van der Waals surface area contributed by atoms with Crippen LogP contribution in [0.2, 0.25) is 0 Å². The van der Waals surface area contributed by atoms with E-state index in [2.05, 4.69) is 49.3 Å². The van der Waals surface area contributed by atoms with E-state index in [1.807, 2.05) is 6.20 Å². The summed E-state index contributed by atoms with van der Waals surface area (Å²) in [5.41, 5.74) is 3.85. The molecule has 17 heavy (non-hydrogen) atoms. The summed E-state index contributed by atoms with van der Waals surface area (Å²) in [7, 11) is 0. The van der Waals surface area contributed by atoms with Crippen LogP contribution >= 0.6 is 11.3 Å². The van der Waals surface area contributed by atoms with Gasteiger partial charge in [0.05, 0.1) is 0 Å². The first-order valence-corrected chi connectivity index (χ1v) is 6.75. The molecule has 0 saturated heterocycles. The molecular weight excluding hydrogens is 228 g/mol. The van der Waals surface area contributed by atoms with Crippen molar-refractivity contribution in [3.05, 3.63) is 40.4 Å². The minimum Gasteiger partial charge on any atom is -0.312 e. The smallest absolute Gasteiger partial charge is 0.123 e. The Balaban J connectivity index is 2.24. The molecule has 1 N–H and O–H groups in total. The van der Waals surface area contributed by atoms with Crippen LogP contribution in [0.4, 0.5) is 0 Å². The number of nitrogens with zero attached hydrogens (tertiary/aromatic N) is 1. The molecule has 0 aliphatic rings. The lowest BCUT2D eigenvalue weighted by molar-refractivity contribution is 0.734. The summed E-state index contributed by atoms with van der Waals surface area (Å²) in [6.45, 7) is 8.30. The number of aromatic nitrogens is 1. The Morgan fingerprint density at radius 2 is 2.12 bits per heavy atom. The van der Waals surface area contributed by atoms with Gasteiger partial charge in [0.2, 0.25) is 0 Å². The minimum atomic E-state index is 0.916. The van der Waals surface area contributed by atoms with E-state index in [9.17, 15) is 0 Å². The summed E-state index contributed by atoms with van der Waals surface area (Å²) >= 11 is 1.77. The third-order valence-electron chi connectivity index (χ3n) is 2.72. The molecular formula is C14H18N2S. The summed E-state index contributed by atoms with van der Waals surface area (Å²) in [4.78, 5) is 5.80. The first kappa shape index (κ1) is 12.3. The first-order valence-electron chi connectivity index (χ1n) is 5.93. The molecule has 1 heterocycles. The van der Waals surface area contributed by atoms with Crippen LogP contribution in [0.1, 0.15) is 22.9 Å². The predicted molar refractivity (Wildman–Crippen MR) is 74.4 cm³/mol. The standard InChI is InChI=1S/C14H18N2S/c1-4-15-8-12-9-16-14(17-12)13-6-5-10(2)7-11(13)3/h5-7,9,15H,4,8H2,1-3H3. The number of benzene rings is 1. The van der Waals surface area contributed by atoms with Crippen LogP contribution in [0.5, 0.6) is 0 Å². The Morgan fingerprint density at radius 1 is 1.29 bits per heavy atom. The number of hydrogen-bond acceptors (Lipinski definition) is 3. The Kier molecular flexibility index (Phi) is 3.92. The van der Waals surface area contributed by atoms with Crippen molar-refractivity contribution in [2.75, 3.05) is 6.54 Å². The van der Waals surface area contributed by atoms with Crippen molar-refractivity contribution in [3.8, 4) is 10.6 Å². The Morgan fingerprint density at radius 3 is 2.82 bits per heavy atom. The van der Waals surface area contributed by atoms with Gasteiger partial charge >= 0.3 is 0 Å². The van der Waals surface area contributed by atoms with Gasteiger partial charge in [-0.1, -0.05) is 30.7 Å². The lowest BCUT2D eigenvalue weighted by atomic mass is 10.1. The summed E-state index contributed by atoms with van der Waals surface area (Å²) in [6, 6.07) is 6.52. The number of rotatable bonds is 4. The second kappa shape index (κ2) is 5.43. The van der Waals surface area contributed by atoms with Crippen LogP contribution in [0.25, 0.3) is 10.6 Å². The molecule has 1 aromatic carbocycles. The maximum Gasteiger partial charge on any atom is 0.123 e. The summed E-state index contributed by atoms with van der Waals surface area (Å²) in [5.74, 6) is 0. The molecule has 90 valence electrons. The van der Waals surface area contributed by atoms with E-state index in [4.69, 9.17) is 0 Å². The fourth-order valence-electron chi connectivity index (χ4n) is 1.82. The molecule has 0 fully saturated rings. The van der Waals surface area contributed by atoms with E-state index in [1.165, 1.54) is 21.6 Å². The summed E-state index contributed by atoms with van der Waals surface area (Å²) in [5, 5.41) is 4.44. The zero-order valence-electron chi connectivity index (χ0n) is 10.6. The summed E-state index contributed by atoms with van der Waals surface area (Å²) in [6.07, 6.45) is 1.97. The van der Waals surface area contributed by atoms with E-state index in [-0.39, 0.29) is 0 Å². The molecule has 0 aliphatic carbocycles. The first-order chi connectivity index (χ1) is 8.20. The van der Waals surface area contributed by atoms with E-state index in [0.29, 0.717) is 0 Å². The van der Waals surface area contributed by atoms with Crippen LogP contribution in [0.15, 0.2) is 24.4 Å². The third-order valence-corrected chi connectivity index (χ3v) is 3.75. The lowest BCUT2D eigenvalue weighted by Crippen LogP contribution is -2.10. The number of thiazole rings is 1. The van der Waals surface area contributed by atoms with Crippen molar-refractivity contribution in [1.29, 1.82) is 0 Å². The van der Waals surface area contributed by atoms with Crippen molar-refractivity contribution < 1.29 is 0 Å². The highest BCUT2D eigenvalue weighted by Crippen LogP contribution is 2.28. The van der Waals surface area contributed by atoms with Gasteiger partial charge in [0.1, 0.15) is 5.01 Å². The van der Waals surface area contributed by atoms with Gasteiger partial charge in [-0.3, -0.25) is 0 Å². The highest BCUT2D eigenvalue weighted by atomic mass is 32.1. The molecule has 0 spiro atoms. The highest BCUT2D eigenvalue weighted by Gasteiger charge is 2.07. The Labute approximate surface area is 107 Å². The second-order valence-electron chi connectivity index (χ2n) is 4.23. The molecule has 2 aromatic rings. The highest BCUT2D eigenvalue weighted by molar-refractivity contribution is 7.15. The second-order valence-corrected chi connectivity index (χ2v) is 5.35. The largest absolute Gasteiger partial charge is 0.312 e. The van der Waals surface area contributed by atoms with E-state index < -0.39 is 0 Å². The monoisotopic (exact) mass is 246 g/mol. The number of nitrogens with one attached hydrogen (secondary N) is 1. The average molecular weight is 246 g/mol. The average Bonchev–Trinajstić information content (AvgIpc) is 2.75. The summed E-state index contributed by atoms with van der Waals surface area (Å²) < 4.78 is 0. The van der Waals surface area contributed by atoms with E-state index >= 15 is 0 Å². The van der Waals surface area contributed by atoms with Crippen LogP contribution in [0, 0.1) is 13.8 Å². The van der Waals surface area contributed by atoms with Crippen molar-refractivity contribution in [1.82, 2.24) is 10.3 Å². The van der Waals surface area contributed by atoms with E-state index in [1.54, 1.807) is 11.3 Å². The third kappa shape index (κ3) is 2.93. The normalized spacial score (nSPS) is 10.8. The van der Waals surface area contributed by atoms with Gasteiger partial charge in [-0.05, 0) is 26.0 Å². The molecule has 0 bridgehead atoms. The van der Waals surface area contributed by atoms with Gasteiger partial charge in [-0.15, -0.1) is 11.3 Å². The molecule has 0 aliphatic heterocycles. The molecule has 0 unspecified atom stereocenters. The maximum atomic E-state index is 4.51. The number of aryl methyl sites for hydroxylation is 2. The van der Waals surface area contributed by atoms with Crippen LogP contribution < -0.4 is 5.32 Å². The van der Waals surface area contributed by atoms with Crippen molar-refractivity contribution in [3.63, 3.8) is 0 Å². The van der Waals surface area contributed by atoms with Crippen molar-refractivity contribution >= 4 is 11.3 Å². The fourth-order valence-corrected chi connectivity index (χ4v) is 2.79. The SMILES string of the molecule is CCNCc1cnc(-c2ccc(C)cc2C)s1. The van der Waals surface area contributed by atoms with E-state index in [0.717, 1.165) is 18.1 Å². The molecule has 1 aromatic heterocycles. The van der Waals surface area contributed by atoms with Crippen molar-refractivity contribution in [2.24, 2.45) is 0 Å². The molecule has 0 atom stereocenters. The molecule has 3 heteroatoms. The molecule has 0 radical (unpaired) electrons. The van der Waals surface area contributed by atoms with Gasteiger partial charge in [0, 0.05) is 23.2 Å².